The number of carbonyl (C=O) groups is 1. The lowest BCUT2D eigenvalue weighted by Crippen LogP contribution is -2.07. The van der Waals surface area contributed by atoms with Crippen LogP contribution in [0, 0.1) is 5.92 Å². The lowest BCUT2D eigenvalue weighted by Gasteiger charge is -2.00. The van der Waals surface area contributed by atoms with Crippen molar-refractivity contribution in [3.63, 3.8) is 0 Å². The van der Waals surface area contributed by atoms with Gasteiger partial charge < -0.3 is 9.47 Å². The molecule has 96 valence electrons. The molecule has 0 N–H and O–H groups in total. The Labute approximate surface area is 99.8 Å². The molecule has 3 heteroatoms. The van der Waals surface area contributed by atoms with Crippen molar-refractivity contribution < 1.29 is 14.3 Å². The Kier molecular flexibility index (Phi) is 15.6. The summed E-state index contributed by atoms with van der Waals surface area (Å²) in [6.45, 7) is 13.3. The van der Waals surface area contributed by atoms with E-state index in [4.69, 9.17) is 4.74 Å². The fourth-order valence-corrected chi connectivity index (χ4v) is 0.982. The maximum Gasteiger partial charge on any atom is 0.330 e. The quantitative estimate of drug-likeness (QED) is 0.383. The smallest absolute Gasteiger partial charge is 0.330 e. The van der Waals surface area contributed by atoms with Crippen molar-refractivity contribution in [1.29, 1.82) is 0 Å². The molecule has 0 spiro atoms. The van der Waals surface area contributed by atoms with E-state index in [-0.39, 0.29) is 0 Å². The molecule has 0 aromatic carbocycles. The fourth-order valence-electron chi connectivity index (χ4n) is 0.982. The summed E-state index contributed by atoms with van der Waals surface area (Å²) in [7, 11) is 0. The summed E-state index contributed by atoms with van der Waals surface area (Å²) < 4.78 is 9.53. The predicted octanol–water partition coefficient (Wildman–Crippen LogP) is 3.19. The van der Waals surface area contributed by atoms with Crippen LogP contribution in [-0.4, -0.2) is 25.8 Å². The van der Waals surface area contributed by atoms with Crippen LogP contribution in [0.5, 0.6) is 0 Å². The molecular weight excluding hydrogens is 204 g/mol. The van der Waals surface area contributed by atoms with Gasteiger partial charge in [0.05, 0.1) is 6.61 Å². The average Bonchev–Trinajstić information content (AvgIpc) is 2.24. The van der Waals surface area contributed by atoms with Crippen LogP contribution in [0.1, 0.15) is 40.5 Å². The van der Waals surface area contributed by atoms with Crippen LogP contribution in [0.15, 0.2) is 12.7 Å². The maximum atomic E-state index is 10.4. The highest BCUT2D eigenvalue weighted by Crippen LogP contribution is 2.00. The van der Waals surface area contributed by atoms with Crippen molar-refractivity contribution in [1.82, 2.24) is 0 Å². The highest BCUT2D eigenvalue weighted by Gasteiger charge is 1.92. The van der Waals surface area contributed by atoms with Gasteiger partial charge in [-0.2, -0.15) is 0 Å². The van der Waals surface area contributed by atoms with Crippen molar-refractivity contribution in [3.05, 3.63) is 12.7 Å². The van der Waals surface area contributed by atoms with Crippen LogP contribution in [0.3, 0.4) is 0 Å². The Hall–Kier alpha value is -0.830. The minimum Gasteiger partial charge on any atom is -0.460 e. The molecule has 0 aliphatic carbocycles. The summed E-state index contributed by atoms with van der Waals surface area (Å²) in [5.41, 5.74) is 0. The minimum atomic E-state index is -0.403. The topological polar surface area (TPSA) is 35.5 Å². The summed E-state index contributed by atoms with van der Waals surface area (Å²) in [6, 6.07) is 0. The van der Waals surface area contributed by atoms with Gasteiger partial charge in [0.15, 0.2) is 0 Å². The Morgan fingerprint density at radius 1 is 1.31 bits per heavy atom. The first-order chi connectivity index (χ1) is 7.58. The van der Waals surface area contributed by atoms with E-state index in [2.05, 4.69) is 32.1 Å². The number of rotatable bonds is 7. The highest BCUT2D eigenvalue weighted by atomic mass is 16.6. The highest BCUT2D eigenvalue weighted by molar-refractivity contribution is 5.81. The van der Waals surface area contributed by atoms with Crippen molar-refractivity contribution in [3.8, 4) is 0 Å². The lowest BCUT2D eigenvalue weighted by molar-refractivity contribution is -0.139. The zero-order valence-electron chi connectivity index (χ0n) is 11.1. The molecule has 0 heterocycles. The molecule has 0 aromatic rings. The van der Waals surface area contributed by atoms with Crippen LogP contribution in [0.25, 0.3) is 0 Å². The second kappa shape index (κ2) is 14.2. The SMILES string of the molecule is C=CC(=O)OCCOCC.CCCC(C)C. The number of esters is 1. The molecule has 0 saturated heterocycles. The molecule has 0 saturated carbocycles. The third kappa shape index (κ3) is 18.9. The van der Waals surface area contributed by atoms with Gasteiger partial charge in [-0.05, 0) is 12.8 Å². The van der Waals surface area contributed by atoms with Gasteiger partial charge in [-0.1, -0.05) is 40.2 Å². The molecule has 0 fully saturated rings. The molecule has 0 amide bonds. The second-order valence-electron chi connectivity index (χ2n) is 3.75. The van der Waals surface area contributed by atoms with Crippen LogP contribution < -0.4 is 0 Å². The minimum absolute atomic E-state index is 0.304. The summed E-state index contributed by atoms with van der Waals surface area (Å²) >= 11 is 0. The Morgan fingerprint density at radius 2 is 1.94 bits per heavy atom. The van der Waals surface area contributed by atoms with Crippen molar-refractivity contribution >= 4 is 5.97 Å². The molecule has 16 heavy (non-hydrogen) atoms. The molecule has 0 radical (unpaired) electrons. The van der Waals surface area contributed by atoms with Gasteiger partial charge in [-0.15, -0.1) is 0 Å². The Balaban J connectivity index is 0. The Morgan fingerprint density at radius 3 is 2.25 bits per heavy atom. The van der Waals surface area contributed by atoms with E-state index in [0.29, 0.717) is 19.8 Å². The number of hydrogen-bond acceptors (Lipinski definition) is 3. The third-order valence-corrected chi connectivity index (χ3v) is 1.71. The number of carbonyl (C=O) groups excluding carboxylic acids is 1. The van der Waals surface area contributed by atoms with E-state index in [1.54, 1.807) is 0 Å². The summed E-state index contributed by atoms with van der Waals surface area (Å²) in [5.74, 6) is 0.495. The predicted molar refractivity (Wildman–Crippen MR) is 67.4 cm³/mol. The van der Waals surface area contributed by atoms with Crippen LogP contribution >= 0.6 is 0 Å². The number of hydrogen-bond donors (Lipinski definition) is 0. The first-order valence-corrected chi connectivity index (χ1v) is 5.95. The second-order valence-corrected chi connectivity index (χ2v) is 3.75. The monoisotopic (exact) mass is 230 g/mol. The zero-order chi connectivity index (χ0) is 12.8. The summed E-state index contributed by atoms with van der Waals surface area (Å²) in [4.78, 5) is 10.4. The van der Waals surface area contributed by atoms with Crippen molar-refractivity contribution in [2.45, 2.75) is 40.5 Å². The molecule has 0 aliphatic heterocycles. The molecule has 0 rings (SSSR count). The van der Waals surface area contributed by atoms with Gasteiger partial charge in [-0.3, -0.25) is 0 Å². The molecule has 3 nitrogen and oxygen atoms in total. The molecule has 0 bridgehead atoms. The van der Waals surface area contributed by atoms with E-state index >= 15 is 0 Å². The van der Waals surface area contributed by atoms with E-state index in [9.17, 15) is 4.79 Å². The van der Waals surface area contributed by atoms with E-state index in [0.717, 1.165) is 12.0 Å². The van der Waals surface area contributed by atoms with Gasteiger partial charge >= 0.3 is 5.97 Å². The molecule has 0 atom stereocenters. The number of ether oxygens (including phenoxy) is 2. The van der Waals surface area contributed by atoms with Gasteiger partial charge in [0.25, 0.3) is 0 Å². The Bertz CT molecular complexity index is 165. The van der Waals surface area contributed by atoms with E-state index < -0.39 is 5.97 Å². The van der Waals surface area contributed by atoms with Crippen LogP contribution in [-0.2, 0) is 14.3 Å². The van der Waals surface area contributed by atoms with Crippen molar-refractivity contribution in [2.75, 3.05) is 19.8 Å². The van der Waals surface area contributed by atoms with Crippen molar-refractivity contribution in [2.24, 2.45) is 5.92 Å². The summed E-state index contributed by atoms with van der Waals surface area (Å²) in [6.07, 6.45) is 3.84. The van der Waals surface area contributed by atoms with Crippen LogP contribution in [0.2, 0.25) is 0 Å². The van der Waals surface area contributed by atoms with Gasteiger partial charge in [0.1, 0.15) is 6.61 Å². The van der Waals surface area contributed by atoms with Crippen LogP contribution in [0.4, 0.5) is 0 Å². The molecule has 0 unspecified atom stereocenters. The molecule has 0 aliphatic rings. The largest absolute Gasteiger partial charge is 0.460 e. The maximum absolute atomic E-state index is 10.4. The normalized spacial score (nSPS) is 9.31. The van der Waals surface area contributed by atoms with Gasteiger partial charge in [-0.25, -0.2) is 4.79 Å². The fraction of sp³-hybridized carbons (Fsp3) is 0.769. The third-order valence-electron chi connectivity index (χ3n) is 1.71. The lowest BCUT2D eigenvalue weighted by atomic mass is 10.1. The average molecular weight is 230 g/mol. The van der Waals surface area contributed by atoms with E-state index in [1.165, 1.54) is 12.8 Å². The zero-order valence-corrected chi connectivity index (χ0v) is 11.1. The summed E-state index contributed by atoms with van der Waals surface area (Å²) in [5, 5.41) is 0. The van der Waals surface area contributed by atoms with Gasteiger partial charge in [0, 0.05) is 12.7 Å². The van der Waals surface area contributed by atoms with E-state index in [1.807, 2.05) is 6.92 Å². The first-order valence-electron chi connectivity index (χ1n) is 5.95. The van der Waals surface area contributed by atoms with Gasteiger partial charge in [0.2, 0.25) is 0 Å². The molecular formula is C13H26O3. The first kappa shape index (κ1) is 17.6. The standard InChI is InChI=1S/C7H12O3.C6H14/c1-3-7(8)10-6-5-9-4-2;1-4-5-6(2)3/h3H,1,4-6H2,2H3;6H,4-5H2,1-3H3. The molecule has 0 aromatic heterocycles.